The Balaban J connectivity index is 1.59. The van der Waals surface area contributed by atoms with Crippen LogP contribution in [0.25, 0.3) is 11.1 Å². The van der Waals surface area contributed by atoms with Gasteiger partial charge in [-0.3, -0.25) is 10.1 Å². The van der Waals surface area contributed by atoms with Gasteiger partial charge in [0.25, 0.3) is 11.1 Å². The largest absolute Gasteiger partial charge is 0.452 e. The van der Waals surface area contributed by atoms with Gasteiger partial charge in [-0.05, 0) is 30.7 Å². The topological polar surface area (TPSA) is 111 Å². The van der Waals surface area contributed by atoms with Crippen LogP contribution in [0.4, 0.5) is 4.79 Å². The zero-order valence-corrected chi connectivity index (χ0v) is 16.5. The average Bonchev–Trinajstić information content (AvgIpc) is 3.14. The molecular weight excluding hydrogens is 394 g/mol. The molecule has 1 aromatic heterocycles. The third-order valence-electron chi connectivity index (χ3n) is 3.79. The molecule has 0 saturated heterocycles. The van der Waals surface area contributed by atoms with Crippen LogP contribution in [-0.4, -0.2) is 36.0 Å². The molecule has 8 nitrogen and oxygen atoms in total. The molecule has 0 aliphatic carbocycles. The van der Waals surface area contributed by atoms with Crippen LogP contribution in [0.2, 0.25) is 0 Å². The van der Waals surface area contributed by atoms with Crippen LogP contribution in [-0.2, 0) is 15.3 Å². The number of carbonyl (C=O) groups excluding carboxylic acids is 3. The molecule has 0 spiro atoms. The van der Waals surface area contributed by atoms with Crippen molar-refractivity contribution in [3.05, 3.63) is 59.7 Å². The maximum atomic E-state index is 12.4. The predicted octanol–water partition coefficient (Wildman–Crippen LogP) is 3.12. The lowest BCUT2D eigenvalue weighted by atomic mass is 10.1. The third-order valence-corrected chi connectivity index (χ3v) is 4.66. The number of urea groups is 1. The number of oxazole rings is 1. The molecule has 0 aliphatic rings. The van der Waals surface area contributed by atoms with E-state index in [2.05, 4.69) is 15.6 Å². The molecule has 29 heavy (non-hydrogen) atoms. The molecule has 0 aliphatic heterocycles. The molecule has 3 amide bonds. The van der Waals surface area contributed by atoms with Crippen LogP contribution in [0.5, 0.6) is 0 Å². The lowest BCUT2D eigenvalue weighted by molar-refractivity contribution is -0.123. The number of nitrogens with one attached hydrogen (secondary N) is 2. The number of hydrogen-bond acceptors (Lipinski definition) is 7. The van der Waals surface area contributed by atoms with Gasteiger partial charge in [-0.15, -0.1) is 0 Å². The van der Waals surface area contributed by atoms with Crippen molar-refractivity contribution in [2.75, 3.05) is 13.2 Å². The van der Waals surface area contributed by atoms with Crippen LogP contribution in [0.3, 0.4) is 0 Å². The van der Waals surface area contributed by atoms with E-state index in [1.54, 1.807) is 31.2 Å². The molecular formula is C20H19N3O5S. The molecule has 0 fully saturated rings. The summed E-state index contributed by atoms with van der Waals surface area (Å²) in [4.78, 5) is 39.8. The zero-order chi connectivity index (χ0) is 20.6. The molecule has 0 saturated carbocycles. The van der Waals surface area contributed by atoms with Crippen molar-refractivity contribution in [2.45, 2.75) is 17.9 Å². The standard InChI is InChI=1S/C20H19N3O5S/c1-2-21-19(26)23-17(24)11-27-18(25)14-8-4-3-7-13(14)12-29-20-22-15-9-5-6-10-16(15)28-20/h3-10H,2,11-12H2,1H3,(H2,21,23,24,26). The number of fused-ring (bicyclic) bond motifs is 1. The predicted molar refractivity (Wildman–Crippen MR) is 108 cm³/mol. The first-order valence-corrected chi connectivity index (χ1v) is 9.86. The van der Waals surface area contributed by atoms with Gasteiger partial charge in [0.2, 0.25) is 0 Å². The average molecular weight is 413 g/mol. The van der Waals surface area contributed by atoms with Crippen LogP contribution in [0.15, 0.2) is 58.2 Å². The molecule has 2 N–H and O–H groups in total. The van der Waals surface area contributed by atoms with Crippen LogP contribution >= 0.6 is 11.8 Å². The van der Waals surface area contributed by atoms with Crippen molar-refractivity contribution < 1.29 is 23.5 Å². The maximum Gasteiger partial charge on any atom is 0.338 e. The van der Waals surface area contributed by atoms with Gasteiger partial charge in [0.05, 0.1) is 5.56 Å². The number of thioether (sulfide) groups is 1. The van der Waals surface area contributed by atoms with E-state index in [0.717, 1.165) is 5.52 Å². The summed E-state index contributed by atoms with van der Waals surface area (Å²) in [5, 5.41) is 4.98. The first kappa shape index (κ1) is 20.4. The van der Waals surface area contributed by atoms with E-state index < -0.39 is 24.5 Å². The number of para-hydroxylation sites is 2. The van der Waals surface area contributed by atoms with E-state index >= 15 is 0 Å². The van der Waals surface area contributed by atoms with Crippen molar-refractivity contribution in [1.29, 1.82) is 0 Å². The highest BCUT2D eigenvalue weighted by molar-refractivity contribution is 7.98. The van der Waals surface area contributed by atoms with Gasteiger partial charge >= 0.3 is 12.0 Å². The molecule has 0 unspecified atom stereocenters. The third kappa shape index (κ3) is 5.58. The number of nitrogens with zero attached hydrogens (tertiary/aromatic N) is 1. The van der Waals surface area contributed by atoms with Crippen LogP contribution in [0.1, 0.15) is 22.8 Å². The second-order valence-electron chi connectivity index (χ2n) is 5.88. The molecule has 9 heteroatoms. The Morgan fingerprint density at radius 2 is 1.86 bits per heavy atom. The number of aromatic nitrogens is 1. The quantitative estimate of drug-likeness (QED) is 0.452. The number of hydrogen-bond donors (Lipinski definition) is 2. The number of esters is 1. The number of carbonyl (C=O) groups is 3. The summed E-state index contributed by atoms with van der Waals surface area (Å²) in [7, 11) is 0. The first-order chi connectivity index (χ1) is 14.1. The van der Waals surface area contributed by atoms with Gasteiger partial charge in [-0.2, -0.15) is 0 Å². The minimum absolute atomic E-state index is 0.335. The Bertz CT molecular complexity index is 1000. The second-order valence-corrected chi connectivity index (χ2v) is 6.80. The minimum Gasteiger partial charge on any atom is -0.452 e. The Hall–Kier alpha value is -3.33. The number of rotatable bonds is 7. The van der Waals surface area contributed by atoms with Gasteiger partial charge in [0.15, 0.2) is 12.2 Å². The maximum absolute atomic E-state index is 12.4. The molecule has 150 valence electrons. The van der Waals surface area contributed by atoms with Crippen molar-refractivity contribution >= 4 is 40.8 Å². The molecule has 3 aromatic rings. The zero-order valence-electron chi connectivity index (χ0n) is 15.6. The SMILES string of the molecule is CCNC(=O)NC(=O)COC(=O)c1ccccc1CSc1nc2ccccc2o1. The number of benzene rings is 2. The van der Waals surface area contributed by atoms with E-state index in [0.29, 0.717) is 34.2 Å². The first-order valence-electron chi connectivity index (χ1n) is 8.88. The lowest BCUT2D eigenvalue weighted by Gasteiger charge is -2.09. The van der Waals surface area contributed by atoms with E-state index in [1.165, 1.54) is 11.8 Å². The van der Waals surface area contributed by atoms with Crippen LogP contribution in [0, 0.1) is 0 Å². The highest BCUT2D eigenvalue weighted by atomic mass is 32.2. The number of ether oxygens (including phenoxy) is 1. The van der Waals surface area contributed by atoms with Crippen molar-refractivity contribution in [3.8, 4) is 0 Å². The van der Waals surface area contributed by atoms with Crippen LogP contribution < -0.4 is 10.6 Å². The second kappa shape index (κ2) is 9.74. The molecule has 3 rings (SSSR count). The fourth-order valence-electron chi connectivity index (χ4n) is 2.47. The summed E-state index contributed by atoms with van der Waals surface area (Å²) in [6.45, 7) is 1.55. The normalized spacial score (nSPS) is 10.5. The van der Waals surface area contributed by atoms with Gasteiger partial charge < -0.3 is 14.5 Å². The molecule has 1 heterocycles. The van der Waals surface area contributed by atoms with Gasteiger partial charge in [0.1, 0.15) is 5.52 Å². The molecule has 0 radical (unpaired) electrons. The summed E-state index contributed by atoms with van der Waals surface area (Å²) in [6.07, 6.45) is 0. The van der Waals surface area contributed by atoms with E-state index in [1.807, 2.05) is 24.3 Å². The highest BCUT2D eigenvalue weighted by Crippen LogP contribution is 2.27. The Morgan fingerprint density at radius 1 is 1.10 bits per heavy atom. The summed E-state index contributed by atoms with van der Waals surface area (Å²) in [5.74, 6) is -0.920. The smallest absolute Gasteiger partial charge is 0.338 e. The summed E-state index contributed by atoms with van der Waals surface area (Å²) in [5.41, 5.74) is 2.51. The number of amides is 3. The molecule has 2 aromatic carbocycles. The van der Waals surface area contributed by atoms with Gasteiger partial charge in [0, 0.05) is 12.3 Å². The molecule has 0 bridgehead atoms. The highest BCUT2D eigenvalue weighted by Gasteiger charge is 2.16. The fraction of sp³-hybridized carbons (Fsp3) is 0.200. The Labute approximate surface area is 171 Å². The monoisotopic (exact) mass is 413 g/mol. The summed E-state index contributed by atoms with van der Waals surface area (Å²) in [6, 6.07) is 13.7. The van der Waals surface area contributed by atoms with Crippen molar-refractivity contribution in [2.24, 2.45) is 0 Å². The van der Waals surface area contributed by atoms with E-state index in [4.69, 9.17) is 9.15 Å². The Kier molecular flexibility index (Phi) is 6.85. The summed E-state index contributed by atoms with van der Waals surface area (Å²) >= 11 is 1.35. The summed E-state index contributed by atoms with van der Waals surface area (Å²) < 4.78 is 10.7. The Morgan fingerprint density at radius 3 is 2.66 bits per heavy atom. The van der Waals surface area contributed by atoms with Gasteiger partial charge in [-0.25, -0.2) is 14.6 Å². The van der Waals surface area contributed by atoms with Gasteiger partial charge in [-0.1, -0.05) is 42.1 Å². The number of imide groups is 1. The fourth-order valence-corrected chi connectivity index (χ4v) is 3.32. The minimum atomic E-state index is -0.706. The lowest BCUT2D eigenvalue weighted by Crippen LogP contribution is -2.41. The van der Waals surface area contributed by atoms with Crippen molar-refractivity contribution in [3.63, 3.8) is 0 Å². The van der Waals surface area contributed by atoms with E-state index in [9.17, 15) is 14.4 Å². The van der Waals surface area contributed by atoms with Crippen molar-refractivity contribution in [1.82, 2.24) is 15.6 Å². The van der Waals surface area contributed by atoms with E-state index in [-0.39, 0.29) is 0 Å². The molecule has 0 atom stereocenters.